The number of fused-ring (bicyclic) bond motifs is 1. The van der Waals surface area contributed by atoms with Gasteiger partial charge in [-0.05, 0) is 25.0 Å². The Morgan fingerprint density at radius 3 is 2.45 bits per heavy atom. The lowest BCUT2D eigenvalue weighted by atomic mass is 9.73. The van der Waals surface area contributed by atoms with Gasteiger partial charge in [-0.25, -0.2) is 0 Å². The van der Waals surface area contributed by atoms with E-state index >= 15 is 0 Å². The summed E-state index contributed by atoms with van der Waals surface area (Å²) in [4.78, 5) is 23.0. The summed E-state index contributed by atoms with van der Waals surface area (Å²) in [5.41, 5.74) is 0.593. The van der Waals surface area contributed by atoms with Crippen LogP contribution in [-0.2, 0) is 9.59 Å². The molecule has 0 spiro atoms. The third kappa shape index (κ3) is 2.29. The first kappa shape index (κ1) is 12.8. The maximum atomic E-state index is 12.0. The summed E-state index contributed by atoms with van der Waals surface area (Å²) in [7, 11) is 0. The van der Waals surface area contributed by atoms with E-state index in [1.807, 2.05) is 0 Å². The number of anilines is 1. The van der Waals surface area contributed by atoms with E-state index in [9.17, 15) is 9.59 Å². The van der Waals surface area contributed by atoms with Crippen LogP contribution in [0.15, 0.2) is 18.2 Å². The Hall–Kier alpha value is -2.24. The highest BCUT2D eigenvalue weighted by Crippen LogP contribution is 2.36. The molecule has 0 radical (unpaired) electrons. The molecule has 6 nitrogen and oxygen atoms in total. The Bertz CT molecular complexity index is 556. The fourth-order valence-corrected chi connectivity index (χ4v) is 2.47. The van der Waals surface area contributed by atoms with Crippen molar-refractivity contribution in [2.24, 2.45) is 11.8 Å². The van der Waals surface area contributed by atoms with Gasteiger partial charge >= 0.3 is 5.97 Å². The molecule has 3 rings (SSSR count). The molecule has 1 aromatic carbocycles. The van der Waals surface area contributed by atoms with Crippen LogP contribution in [-0.4, -0.2) is 30.2 Å². The number of nitrogens with one attached hydrogen (secondary N) is 1. The van der Waals surface area contributed by atoms with E-state index in [1.165, 1.54) is 0 Å². The van der Waals surface area contributed by atoms with Gasteiger partial charge in [0.1, 0.15) is 13.2 Å². The minimum atomic E-state index is -0.904. The van der Waals surface area contributed by atoms with E-state index in [-0.39, 0.29) is 5.91 Å². The summed E-state index contributed by atoms with van der Waals surface area (Å²) < 4.78 is 10.8. The highest BCUT2D eigenvalue weighted by atomic mass is 16.6. The third-order valence-corrected chi connectivity index (χ3v) is 3.74. The van der Waals surface area contributed by atoms with Crippen LogP contribution in [0.2, 0.25) is 0 Å². The van der Waals surface area contributed by atoms with Crippen molar-refractivity contribution in [3.05, 3.63) is 18.2 Å². The Morgan fingerprint density at radius 1 is 1.10 bits per heavy atom. The summed E-state index contributed by atoms with van der Waals surface area (Å²) >= 11 is 0. The van der Waals surface area contributed by atoms with Crippen LogP contribution < -0.4 is 14.8 Å². The van der Waals surface area contributed by atoms with Gasteiger partial charge in [-0.1, -0.05) is 0 Å². The number of carbonyl (C=O) groups is 2. The van der Waals surface area contributed by atoms with Gasteiger partial charge in [0.05, 0.1) is 11.8 Å². The Labute approximate surface area is 115 Å². The Kier molecular flexibility index (Phi) is 3.22. The Morgan fingerprint density at radius 2 is 1.80 bits per heavy atom. The van der Waals surface area contributed by atoms with Gasteiger partial charge in [-0.3, -0.25) is 9.59 Å². The maximum absolute atomic E-state index is 12.0. The Balaban J connectivity index is 1.68. The van der Waals surface area contributed by atoms with Crippen molar-refractivity contribution in [1.29, 1.82) is 0 Å². The zero-order chi connectivity index (χ0) is 14.1. The van der Waals surface area contributed by atoms with E-state index < -0.39 is 17.8 Å². The number of carboxylic acid groups (broad SMARTS) is 1. The predicted molar refractivity (Wildman–Crippen MR) is 69.9 cm³/mol. The van der Waals surface area contributed by atoms with Gasteiger partial charge < -0.3 is 19.9 Å². The summed E-state index contributed by atoms with van der Waals surface area (Å²) in [6, 6.07) is 5.15. The molecule has 1 amide bonds. The molecule has 106 valence electrons. The highest BCUT2D eigenvalue weighted by Gasteiger charge is 2.41. The average Bonchev–Trinajstić information content (AvgIpc) is 2.36. The van der Waals surface area contributed by atoms with Crippen LogP contribution in [0.25, 0.3) is 0 Å². The van der Waals surface area contributed by atoms with Gasteiger partial charge in [0, 0.05) is 11.8 Å². The number of amides is 1. The molecule has 0 saturated heterocycles. The lowest BCUT2D eigenvalue weighted by Gasteiger charge is -2.32. The summed E-state index contributed by atoms with van der Waals surface area (Å²) in [5.74, 6) is -0.912. The van der Waals surface area contributed by atoms with Gasteiger partial charge in [0.25, 0.3) is 0 Å². The van der Waals surface area contributed by atoms with Crippen LogP contribution >= 0.6 is 0 Å². The van der Waals surface area contributed by atoms with Crippen LogP contribution in [0.4, 0.5) is 5.69 Å². The number of aliphatic carboxylic acids is 1. The molecule has 1 heterocycles. The van der Waals surface area contributed by atoms with Crippen molar-refractivity contribution >= 4 is 17.6 Å². The van der Waals surface area contributed by atoms with E-state index in [4.69, 9.17) is 14.6 Å². The number of carbonyl (C=O) groups excluding carboxylic acids is 1. The van der Waals surface area contributed by atoms with Crippen LogP contribution in [0.5, 0.6) is 11.5 Å². The number of ether oxygens (including phenoxy) is 2. The minimum absolute atomic E-state index is 0.250. The molecule has 20 heavy (non-hydrogen) atoms. The molecule has 1 saturated carbocycles. The average molecular weight is 277 g/mol. The summed E-state index contributed by atoms with van der Waals surface area (Å²) in [6.45, 7) is 0.995. The first-order valence-corrected chi connectivity index (χ1v) is 6.58. The maximum Gasteiger partial charge on any atom is 0.307 e. The lowest BCUT2D eigenvalue weighted by molar-refractivity contribution is -0.151. The van der Waals surface area contributed by atoms with Crippen molar-refractivity contribution in [2.75, 3.05) is 18.5 Å². The SMILES string of the molecule is O=C(O)C1CCC1C(=O)Nc1ccc2c(c1)OCCO2. The minimum Gasteiger partial charge on any atom is -0.486 e. The molecule has 0 aromatic heterocycles. The van der Waals surface area contributed by atoms with Crippen molar-refractivity contribution in [3.63, 3.8) is 0 Å². The molecular weight excluding hydrogens is 262 g/mol. The molecule has 1 aromatic rings. The van der Waals surface area contributed by atoms with Crippen LogP contribution in [0.3, 0.4) is 0 Å². The molecule has 1 aliphatic heterocycles. The zero-order valence-electron chi connectivity index (χ0n) is 10.8. The molecule has 2 N–H and O–H groups in total. The van der Waals surface area contributed by atoms with Crippen LogP contribution in [0.1, 0.15) is 12.8 Å². The second-order valence-corrected chi connectivity index (χ2v) is 4.98. The second-order valence-electron chi connectivity index (χ2n) is 4.98. The van der Waals surface area contributed by atoms with E-state index in [2.05, 4.69) is 5.32 Å². The van der Waals surface area contributed by atoms with Gasteiger partial charge in [-0.2, -0.15) is 0 Å². The van der Waals surface area contributed by atoms with Crippen molar-refractivity contribution in [1.82, 2.24) is 0 Å². The van der Waals surface area contributed by atoms with Crippen LogP contribution in [0, 0.1) is 11.8 Å². The number of benzene rings is 1. The molecule has 1 aliphatic carbocycles. The van der Waals surface area contributed by atoms with Gasteiger partial charge in [0.2, 0.25) is 5.91 Å². The van der Waals surface area contributed by atoms with Crippen molar-refractivity contribution in [2.45, 2.75) is 12.8 Å². The summed E-state index contributed by atoms with van der Waals surface area (Å²) in [6.07, 6.45) is 1.18. The fourth-order valence-electron chi connectivity index (χ4n) is 2.47. The topological polar surface area (TPSA) is 84.9 Å². The first-order chi connectivity index (χ1) is 9.65. The normalized spacial score (nSPS) is 23.6. The van der Waals surface area contributed by atoms with Crippen molar-refractivity contribution in [3.8, 4) is 11.5 Å². The van der Waals surface area contributed by atoms with Gasteiger partial charge in [0.15, 0.2) is 11.5 Å². The molecule has 2 unspecified atom stereocenters. The van der Waals surface area contributed by atoms with Gasteiger partial charge in [-0.15, -0.1) is 0 Å². The number of rotatable bonds is 3. The number of hydrogen-bond donors (Lipinski definition) is 2. The first-order valence-electron chi connectivity index (χ1n) is 6.58. The van der Waals surface area contributed by atoms with E-state index in [0.717, 1.165) is 0 Å². The number of hydrogen-bond acceptors (Lipinski definition) is 4. The third-order valence-electron chi connectivity index (χ3n) is 3.74. The van der Waals surface area contributed by atoms with E-state index in [0.29, 0.717) is 43.2 Å². The van der Waals surface area contributed by atoms with Crippen molar-refractivity contribution < 1.29 is 24.2 Å². The number of carboxylic acids is 1. The standard InChI is InChI=1S/C14H15NO5/c16-13(9-2-3-10(9)14(17)18)15-8-1-4-11-12(7-8)20-6-5-19-11/h1,4,7,9-10H,2-3,5-6H2,(H,15,16)(H,17,18). The highest BCUT2D eigenvalue weighted by molar-refractivity contribution is 5.96. The molecule has 1 fully saturated rings. The quantitative estimate of drug-likeness (QED) is 0.874. The largest absolute Gasteiger partial charge is 0.486 e. The lowest BCUT2D eigenvalue weighted by Crippen LogP contribution is -2.41. The molecule has 2 atom stereocenters. The second kappa shape index (κ2) is 5.03. The fraction of sp³-hybridized carbons (Fsp3) is 0.429. The predicted octanol–water partition coefficient (Wildman–Crippen LogP) is 1.51. The monoisotopic (exact) mass is 277 g/mol. The molecule has 0 bridgehead atoms. The van der Waals surface area contributed by atoms with E-state index in [1.54, 1.807) is 18.2 Å². The molecule has 2 aliphatic rings. The zero-order valence-corrected chi connectivity index (χ0v) is 10.8. The summed E-state index contributed by atoms with van der Waals surface area (Å²) in [5, 5.41) is 11.7. The molecular formula is C14H15NO5. The smallest absolute Gasteiger partial charge is 0.307 e. The molecule has 6 heteroatoms.